The second-order valence-corrected chi connectivity index (χ2v) is 6.39. The van der Waals surface area contributed by atoms with E-state index < -0.39 is 5.82 Å². The van der Waals surface area contributed by atoms with Gasteiger partial charge in [0.15, 0.2) is 0 Å². The van der Waals surface area contributed by atoms with Gasteiger partial charge in [-0.25, -0.2) is 4.39 Å². The Morgan fingerprint density at radius 1 is 0.810 bits per heavy atom. The fourth-order valence-corrected chi connectivity index (χ4v) is 3.17. The van der Waals surface area contributed by atoms with Crippen molar-refractivity contribution in [3.8, 4) is 11.1 Å². The normalized spacial score (nSPS) is 10.9. The minimum absolute atomic E-state index is 0.0392. The van der Waals surface area contributed by atoms with Crippen molar-refractivity contribution in [3.63, 3.8) is 0 Å². The molecule has 0 fully saturated rings. The van der Waals surface area contributed by atoms with Gasteiger partial charge in [-0.15, -0.1) is 0 Å². The highest BCUT2D eigenvalue weighted by atomic mass is 35.5. The van der Waals surface area contributed by atoms with Crippen LogP contribution in [0.1, 0.15) is 0 Å². The van der Waals surface area contributed by atoms with Crippen molar-refractivity contribution in [2.24, 2.45) is 0 Å². The first-order valence-electron chi connectivity index (χ1n) is 5.74. The number of hydrogen-bond donors (Lipinski definition) is 0. The molecule has 0 aliphatic rings. The molecular weight excluding hydrogens is 378 g/mol. The van der Waals surface area contributed by atoms with E-state index in [0.29, 0.717) is 0 Å². The van der Waals surface area contributed by atoms with Gasteiger partial charge in [0.2, 0.25) is 0 Å². The molecule has 0 saturated heterocycles. The molecule has 21 heavy (non-hydrogen) atoms. The summed E-state index contributed by atoms with van der Waals surface area (Å²) in [6.07, 6.45) is 0. The molecule has 0 N–H and O–H groups in total. The van der Waals surface area contributed by atoms with Gasteiger partial charge in [0.05, 0.1) is 25.1 Å². The molecule has 0 unspecified atom stereocenters. The Balaban J connectivity index is 2.82. The van der Waals surface area contributed by atoms with E-state index in [9.17, 15) is 4.39 Å². The van der Waals surface area contributed by atoms with Gasteiger partial charge in [0.25, 0.3) is 0 Å². The van der Waals surface area contributed by atoms with Gasteiger partial charge in [-0.2, -0.15) is 0 Å². The summed E-state index contributed by atoms with van der Waals surface area (Å²) >= 11 is 30.3. The largest absolute Gasteiger partial charge is 0.378 e. The summed E-state index contributed by atoms with van der Waals surface area (Å²) in [5, 5.41) is 0.243. The second kappa shape index (κ2) is 6.39. The van der Waals surface area contributed by atoms with E-state index in [1.165, 1.54) is 6.07 Å². The van der Waals surface area contributed by atoms with Crippen molar-refractivity contribution in [1.82, 2.24) is 0 Å². The zero-order valence-electron chi connectivity index (χ0n) is 10.9. The molecule has 0 saturated carbocycles. The molecule has 7 heteroatoms. The molecule has 2 rings (SSSR count). The fraction of sp³-hybridized carbons (Fsp3) is 0.143. The van der Waals surface area contributed by atoms with Crippen LogP contribution in [-0.2, 0) is 0 Å². The molecular formula is C14H9Cl5FN. The third-order valence-corrected chi connectivity index (χ3v) is 5.22. The van der Waals surface area contributed by atoms with Crippen molar-refractivity contribution in [1.29, 1.82) is 0 Å². The molecule has 0 heterocycles. The van der Waals surface area contributed by atoms with Crippen LogP contribution >= 0.6 is 58.0 Å². The second-order valence-electron chi connectivity index (χ2n) is 4.50. The molecule has 0 atom stereocenters. The number of rotatable bonds is 2. The van der Waals surface area contributed by atoms with Crippen LogP contribution < -0.4 is 4.90 Å². The van der Waals surface area contributed by atoms with Gasteiger partial charge in [-0.1, -0.05) is 58.0 Å². The third kappa shape index (κ3) is 3.06. The predicted octanol–water partition coefficient (Wildman–Crippen LogP) is 6.83. The molecule has 0 spiro atoms. The van der Waals surface area contributed by atoms with Gasteiger partial charge in [0.1, 0.15) is 5.82 Å². The Kier molecular flexibility index (Phi) is 5.17. The number of anilines is 1. The smallest absolute Gasteiger partial charge is 0.131 e. The fourth-order valence-electron chi connectivity index (χ4n) is 1.82. The van der Waals surface area contributed by atoms with Crippen molar-refractivity contribution >= 4 is 63.7 Å². The highest BCUT2D eigenvalue weighted by Crippen LogP contribution is 2.49. The van der Waals surface area contributed by atoms with E-state index in [-0.39, 0.29) is 36.2 Å². The summed E-state index contributed by atoms with van der Waals surface area (Å²) in [7, 11) is 3.67. The first-order chi connectivity index (χ1) is 9.75. The summed E-state index contributed by atoms with van der Waals surface area (Å²) < 4.78 is 14.2. The van der Waals surface area contributed by atoms with Gasteiger partial charge in [-0.05, 0) is 18.2 Å². The molecule has 0 aliphatic carbocycles. The topological polar surface area (TPSA) is 3.24 Å². The van der Waals surface area contributed by atoms with Gasteiger partial charge in [-0.3, -0.25) is 0 Å². The van der Waals surface area contributed by atoms with Crippen molar-refractivity contribution in [3.05, 3.63) is 49.1 Å². The monoisotopic (exact) mass is 385 g/mol. The Bertz CT molecular complexity index is 686. The molecule has 1 nitrogen and oxygen atoms in total. The Labute approximate surface area is 147 Å². The Morgan fingerprint density at radius 3 is 1.76 bits per heavy atom. The van der Waals surface area contributed by atoms with Crippen LogP contribution in [0.4, 0.5) is 10.1 Å². The SMILES string of the molecule is CN(C)c1ccc(F)c(-c2c(Cl)c(Cl)c(Cl)c(Cl)c2Cl)c1. The number of benzene rings is 2. The van der Waals surface area contributed by atoms with Crippen molar-refractivity contribution < 1.29 is 4.39 Å². The van der Waals surface area contributed by atoms with E-state index in [1.54, 1.807) is 12.1 Å². The summed E-state index contributed by atoms with van der Waals surface area (Å²) in [5.41, 5.74) is 1.20. The minimum Gasteiger partial charge on any atom is -0.378 e. The summed E-state index contributed by atoms with van der Waals surface area (Å²) in [5.74, 6) is -0.487. The lowest BCUT2D eigenvalue weighted by Gasteiger charge is -2.17. The van der Waals surface area contributed by atoms with E-state index >= 15 is 0 Å². The zero-order chi connectivity index (χ0) is 15.9. The van der Waals surface area contributed by atoms with E-state index in [1.807, 2.05) is 19.0 Å². The number of nitrogens with zero attached hydrogens (tertiary/aromatic N) is 1. The van der Waals surface area contributed by atoms with E-state index in [4.69, 9.17) is 58.0 Å². The third-order valence-electron chi connectivity index (χ3n) is 2.95. The van der Waals surface area contributed by atoms with Crippen LogP contribution in [-0.4, -0.2) is 14.1 Å². The molecule has 2 aromatic rings. The molecule has 0 bridgehead atoms. The predicted molar refractivity (Wildman–Crippen MR) is 91.2 cm³/mol. The summed E-state index contributed by atoms with van der Waals surface area (Å²) in [4.78, 5) is 1.82. The molecule has 0 aromatic heterocycles. The maximum Gasteiger partial charge on any atom is 0.131 e. The highest BCUT2D eigenvalue weighted by Gasteiger charge is 2.22. The van der Waals surface area contributed by atoms with Gasteiger partial charge >= 0.3 is 0 Å². The molecule has 0 radical (unpaired) electrons. The molecule has 0 amide bonds. The average Bonchev–Trinajstić information content (AvgIpc) is 2.45. The molecule has 2 aromatic carbocycles. The van der Waals surface area contributed by atoms with E-state index in [0.717, 1.165) is 5.69 Å². The lowest BCUT2D eigenvalue weighted by molar-refractivity contribution is 0.631. The summed E-state index contributed by atoms with van der Waals surface area (Å²) in [6.45, 7) is 0. The minimum atomic E-state index is -0.487. The van der Waals surface area contributed by atoms with Crippen LogP contribution in [0.3, 0.4) is 0 Å². The van der Waals surface area contributed by atoms with E-state index in [2.05, 4.69) is 0 Å². The number of halogens is 6. The quantitative estimate of drug-likeness (QED) is 0.403. The zero-order valence-corrected chi connectivity index (χ0v) is 14.7. The van der Waals surface area contributed by atoms with Crippen LogP contribution in [0.5, 0.6) is 0 Å². The van der Waals surface area contributed by atoms with Crippen molar-refractivity contribution in [2.75, 3.05) is 19.0 Å². The summed E-state index contributed by atoms with van der Waals surface area (Å²) in [6, 6.07) is 4.58. The first kappa shape index (κ1) is 17.0. The first-order valence-corrected chi connectivity index (χ1v) is 7.63. The highest BCUT2D eigenvalue weighted by molar-refractivity contribution is 6.56. The van der Waals surface area contributed by atoms with Crippen LogP contribution in [0.25, 0.3) is 11.1 Å². The van der Waals surface area contributed by atoms with Crippen LogP contribution in [0.2, 0.25) is 25.1 Å². The maximum absolute atomic E-state index is 14.2. The Morgan fingerprint density at radius 2 is 1.29 bits per heavy atom. The lowest BCUT2D eigenvalue weighted by Crippen LogP contribution is -2.08. The molecule has 0 aliphatic heterocycles. The average molecular weight is 387 g/mol. The Hall–Kier alpha value is -0.380. The standard InChI is InChI=1S/C14H9Cl5FN/c1-21(2)6-3-4-8(20)7(5-6)9-10(15)12(17)14(19)13(18)11(9)16/h3-5H,1-2H3. The van der Waals surface area contributed by atoms with Gasteiger partial charge in [0, 0.05) is 30.9 Å². The van der Waals surface area contributed by atoms with Crippen molar-refractivity contribution in [2.45, 2.75) is 0 Å². The number of hydrogen-bond acceptors (Lipinski definition) is 1. The maximum atomic E-state index is 14.2. The van der Waals surface area contributed by atoms with Crippen LogP contribution in [0.15, 0.2) is 18.2 Å². The molecule has 112 valence electrons. The lowest BCUT2D eigenvalue weighted by atomic mass is 10.0. The van der Waals surface area contributed by atoms with Gasteiger partial charge < -0.3 is 4.90 Å². The van der Waals surface area contributed by atoms with Crippen LogP contribution in [0, 0.1) is 5.82 Å².